The van der Waals surface area contributed by atoms with Crippen LogP contribution < -0.4 is 9.80 Å². The van der Waals surface area contributed by atoms with Crippen molar-refractivity contribution in [2.45, 2.75) is 24.2 Å². The summed E-state index contributed by atoms with van der Waals surface area (Å²) in [6, 6.07) is 12.6. The average molecular weight is 400 g/mol. The van der Waals surface area contributed by atoms with Crippen LogP contribution in [-0.2, 0) is 16.4 Å². The molecule has 1 fully saturated rings. The Morgan fingerprint density at radius 1 is 0.964 bits per heavy atom. The summed E-state index contributed by atoms with van der Waals surface area (Å²) in [6.45, 7) is 2.78. The van der Waals surface area contributed by atoms with Gasteiger partial charge in [0.15, 0.2) is 0 Å². The monoisotopic (exact) mass is 399 g/mol. The van der Waals surface area contributed by atoms with Gasteiger partial charge in [0.2, 0.25) is 10.0 Å². The van der Waals surface area contributed by atoms with E-state index < -0.39 is 10.0 Å². The number of sulfonamides is 1. The molecule has 28 heavy (non-hydrogen) atoms. The number of hydrogen-bond donors (Lipinski definition) is 0. The first-order chi connectivity index (χ1) is 13.4. The standard InChI is InChI=1S/C21H25N3O3S/c1-22(2)28(26,27)19-9-6-17(7-10-19)21(25)24-14-11-16-5-8-18(15-20(16)24)23-12-3-4-13-23/h5-10,15H,3-4,11-14H2,1-2H3. The van der Waals surface area contributed by atoms with E-state index in [1.54, 1.807) is 12.1 Å². The molecule has 2 aromatic rings. The minimum Gasteiger partial charge on any atom is -0.371 e. The number of carbonyl (C=O) groups is 1. The summed E-state index contributed by atoms with van der Waals surface area (Å²) in [4.78, 5) is 17.4. The van der Waals surface area contributed by atoms with E-state index in [0.717, 1.165) is 25.2 Å². The largest absolute Gasteiger partial charge is 0.371 e. The fourth-order valence-corrected chi connectivity index (χ4v) is 4.79. The molecule has 0 bridgehead atoms. The van der Waals surface area contributed by atoms with Crippen LogP contribution in [0.3, 0.4) is 0 Å². The van der Waals surface area contributed by atoms with Crippen molar-refractivity contribution < 1.29 is 13.2 Å². The molecule has 0 radical (unpaired) electrons. The van der Waals surface area contributed by atoms with Crippen molar-refractivity contribution in [1.29, 1.82) is 0 Å². The van der Waals surface area contributed by atoms with Crippen LogP contribution in [0.1, 0.15) is 28.8 Å². The van der Waals surface area contributed by atoms with Gasteiger partial charge in [-0.3, -0.25) is 4.79 Å². The molecule has 1 amide bonds. The Kier molecular flexibility index (Phi) is 4.89. The lowest BCUT2D eigenvalue weighted by atomic mass is 10.1. The molecule has 2 aromatic carbocycles. The van der Waals surface area contributed by atoms with Crippen molar-refractivity contribution in [2.24, 2.45) is 0 Å². The topological polar surface area (TPSA) is 60.9 Å². The molecule has 2 aliphatic rings. The van der Waals surface area contributed by atoms with Gasteiger partial charge in [0.1, 0.15) is 0 Å². The third kappa shape index (κ3) is 3.29. The van der Waals surface area contributed by atoms with Gasteiger partial charge < -0.3 is 9.80 Å². The lowest BCUT2D eigenvalue weighted by Crippen LogP contribution is -2.29. The summed E-state index contributed by atoms with van der Waals surface area (Å²) in [5.74, 6) is -0.0916. The molecule has 7 heteroatoms. The highest BCUT2D eigenvalue weighted by Gasteiger charge is 2.27. The van der Waals surface area contributed by atoms with E-state index in [1.165, 1.54) is 54.6 Å². The van der Waals surface area contributed by atoms with Crippen LogP contribution in [0.15, 0.2) is 47.4 Å². The van der Waals surface area contributed by atoms with Gasteiger partial charge in [0.25, 0.3) is 5.91 Å². The maximum Gasteiger partial charge on any atom is 0.258 e. The minimum absolute atomic E-state index is 0.0916. The summed E-state index contributed by atoms with van der Waals surface area (Å²) < 4.78 is 25.6. The van der Waals surface area contributed by atoms with Gasteiger partial charge in [-0.25, -0.2) is 12.7 Å². The number of carbonyl (C=O) groups excluding carboxylic acids is 1. The van der Waals surface area contributed by atoms with Crippen LogP contribution in [0.5, 0.6) is 0 Å². The molecule has 2 aliphatic heterocycles. The second-order valence-electron chi connectivity index (χ2n) is 7.53. The van der Waals surface area contributed by atoms with E-state index in [0.29, 0.717) is 12.1 Å². The van der Waals surface area contributed by atoms with Crippen LogP contribution in [0.2, 0.25) is 0 Å². The minimum atomic E-state index is -3.50. The summed E-state index contributed by atoms with van der Waals surface area (Å²) in [7, 11) is -0.512. The van der Waals surface area contributed by atoms with E-state index in [1.807, 2.05) is 4.90 Å². The summed E-state index contributed by atoms with van der Waals surface area (Å²) in [5, 5.41) is 0. The SMILES string of the molecule is CN(C)S(=O)(=O)c1ccc(C(=O)N2CCc3ccc(N4CCCC4)cc32)cc1. The van der Waals surface area contributed by atoms with Crippen molar-refractivity contribution in [3.63, 3.8) is 0 Å². The Balaban J connectivity index is 1.59. The van der Waals surface area contributed by atoms with Gasteiger partial charge in [0, 0.05) is 50.7 Å². The van der Waals surface area contributed by atoms with E-state index in [2.05, 4.69) is 23.1 Å². The summed E-state index contributed by atoms with van der Waals surface area (Å²) in [5.41, 5.74) is 3.82. The number of hydrogen-bond acceptors (Lipinski definition) is 4. The molecule has 0 saturated carbocycles. The Morgan fingerprint density at radius 3 is 2.29 bits per heavy atom. The zero-order chi connectivity index (χ0) is 19.9. The number of benzene rings is 2. The predicted octanol–water partition coefficient (Wildman–Crippen LogP) is 2.74. The van der Waals surface area contributed by atoms with Crippen molar-refractivity contribution in [3.8, 4) is 0 Å². The third-order valence-corrected chi connectivity index (χ3v) is 7.39. The smallest absolute Gasteiger partial charge is 0.258 e. The van der Waals surface area contributed by atoms with Crippen LogP contribution in [-0.4, -0.2) is 52.4 Å². The van der Waals surface area contributed by atoms with E-state index in [9.17, 15) is 13.2 Å². The van der Waals surface area contributed by atoms with E-state index >= 15 is 0 Å². The van der Waals surface area contributed by atoms with Gasteiger partial charge >= 0.3 is 0 Å². The molecule has 4 rings (SSSR count). The maximum atomic E-state index is 13.1. The molecule has 0 spiro atoms. The highest BCUT2D eigenvalue weighted by Crippen LogP contribution is 2.34. The van der Waals surface area contributed by atoms with Gasteiger partial charge in [-0.15, -0.1) is 0 Å². The molecular weight excluding hydrogens is 374 g/mol. The van der Waals surface area contributed by atoms with Crippen LogP contribution in [0, 0.1) is 0 Å². The highest BCUT2D eigenvalue weighted by atomic mass is 32.2. The van der Waals surface area contributed by atoms with Crippen LogP contribution in [0.25, 0.3) is 0 Å². The number of nitrogens with zero attached hydrogens (tertiary/aromatic N) is 3. The number of amides is 1. The second-order valence-corrected chi connectivity index (χ2v) is 9.68. The molecule has 148 valence electrons. The summed E-state index contributed by atoms with van der Waals surface area (Å²) >= 11 is 0. The Bertz CT molecular complexity index is 994. The predicted molar refractivity (Wildman–Crippen MR) is 111 cm³/mol. The molecule has 0 aromatic heterocycles. The normalized spacial score (nSPS) is 16.7. The molecule has 0 aliphatic carbocycles. The van der Waals surface area contributed by atoms with Crippen molar-refractivity contribution in [1.82, 2.24) is 4.31 Å². The van der Waals surface area contributed by atoms with Gasteiger partial charge in [-0.05, 0) is 61.2 Å². The molecule has 6 nitrogen and oxygen atoms in total. The molecular formula is C21H25N3O3S. The fraction of sp³-hybridized carbons (Fsp3) is 0.381. The van der Waals surface area contributed by atoms with Gasteiger partial charge in [-0.1, -0.05) is 6.07 Å². The molecule has 0 N–H and O–H groups in total. The van der Waals surface area contributed by atoms with Crippen molar-refractivity contribution in [3.05, 3.63) is 53.6 Å². The van der Waals surface area contributed by atoms with Gasteiger partial charge in [-0.2, -0.15) is 0 Å². The van der Waals surface area contributed by atoms with E-state index in [-0.39, 0.29) is 10.8 Å². The average Bonchev–Trinajstić information content (AvgIpc) is 3.36. The van der Waals surface area contributed by atoms with E-state index in [4.69, 9.17) is 0 Å². The first kappa shape index (κ1) is 19.0. The lowest BCUT2D eigenvalue weighted by molar-refractivity contribution is 0.0989. The van der Waals surface area contributed by atoms with Crippen molar-refractivity contribution in [2.75, 3.05) is 43.5 Å². The molecule has 0 unspecified atom stereocenters. The highest BCUT2D eigenvalue weighted by molar-refractivity contribution is 7.89. The Morgan fingerprint density at radius 2 is 1.64 bits per heavy atom. The fourth-order valence-electron chi connectivity index (χ4n) is 3.89. The molecule has 2 heterocycles. The zero-order valence-electron chi connectivity index (χ0n) is 16.3. The van der Waals surface area contributed by atoms with Crippen LogP contribution >= 0.6 is 0 Å². The second kappa shape index (κ2) is 7.22. The molecule has 0 atom stereocenters. The third-order valence-electron chi connectivity index (χ3n) is 5.56. The zero-order valence-corrected chi connectivity index (χ0v) is 17.1. The Labute approximate surface area is 166 Å². The first-order valence-corrected chi connectivity index (χ1v) is 11.0. The molecule has 1 saturated heterocycles. The Hall–Kier alpha value is -2.38. The van der Waals surface area contributed by atoms with Crippen molar-refractivity contribution >= 4 is 27.3 Å². The quantitative estimate of drug-likeness (QED) is 0.793. The lowest BCUT2D eigenvalue weighted by Gasteiger charge is -2.22. The summed E-state index contributed by atoms with van der Waals surface area (Å²) in [6.07, 6.45) is 3.26. The maximum absolute atomic E-state index is 13.1. The first-order valence-electron chi connectivity index (χ1n) is 9.60. The van der Waals surface area contributed by atoms with Crippen LogP contribution in [0.4, 0.5) is 11.4 Å². The van der Waals surface area contributed by atoms with Gasteiger partial charge in [0.05, 0.1) is 4.90 Å². The number of fused-ring (bicyclic) bond motifs is 1. The number of anilines is 2. The number of rotatable bonds is 4.